The lowest BCUT2D eigenvalue weighted by molar-refractivity contribution is -0.137. The summed E-state index contributed by atoms with van der Waals surface area (Å²) < 4.78 is 0. The molecule has 2 nitrogen and oxygen atoms in total. The number of unbranched alkanes of at least 4 members (excludes halogenated alkanes) is 5. The molecule has 96 valence electrons. The van der Waals surface area contributed by atoms with Crippen LogP contribution in [-0.2, 0) is 4.79 Å². The average molecular weight is 228 g/mol. The molecule has 16 heavy (non-hydrogen) atoms. The molecule has 0 radical (unpaired) electrons. The van der Waals surface area contributed by atoms with Crippen LogP contribution in [0.2, 0.25) is 0 Å². The van der Waals surface area contributed by atoms with Crippen molar-refractivity contribution in [1.82, 2.24) is 0 Å². The summed E-state index contributed by atoms with van der Waals surface area (Å²) in [6.07, 6.45) is 11.4. The van der Waals surface area contributed by atoms with Gasteiger partial charge in [-0.2, -0.15) is 0 Å². The van der Waals surface area contributed by atoms with E-state index in [1.165, 1.54) is 44.9 Å². The summed E-state index contributed by atoms with van der Waals surface area (Å²) >= 11 is 0. The van der Waals surface area contributed by atoms with Gasteiger partial charge in [-0.05, 0) is 12.3 Å². The summed E-state index contributed by atoms with van der Waals surface area (Å²) in [6.45, 7) is 4.56. The van der Waals surface area contributed by atoms with Crippen molar-refractivity contribution in [1.29, 1.82) is 0 Å². The number of hydrogen-bond acceptors (Lipinski definition) is 1. The number of rotatable bonds is 11. The first-order chi connectivity index (χ1) is 7.70. The normalized spacial score (nSPS) is 10.9. The van der Waals surface area contributed by atoms with E-state index in [1.54, 1.807) is 0 Å². The van der Waals surface area contributed by atoms with Crippen LogP contribution >= 0.6 is 0 Å². The monoisotopic (exact) mass is 228 g/mol. The van der Waals surface area contributed by atoms with Gasteiger partial charge < -0.3 is 5.11 Å². The molecule has 0 saturated heterocycles. The zero-order chi connectivity index (χ0) is 12.2. The van der Waals surface area contributed by atoms with Crippen molar-refractivity contribution in [2.24, 2.45) is 5.92 Å². The van der Waals surface area contributed by atoms with Crippen molar-refractivity contribution in [2.75, 3.05) is 0 Å². The van der Waals surface area contributed by atoms with Crippen LogP contribution < -0.4 is 0 Å². The van der Waals surface area contributed by atoms with E-state index in [-0.39, 0.29) is 0 Å². The summed E-state index contributed by atoms with van der Waals surface area (Å²) in [5.41, 5.74) is 0. The highest BCUT2D eigenvalue weighted by molar-refractivity contribution is 5.66. The van der Waals surface area contributed by atoms with Crippen molar-refractivity contribution >= 4 is 5.97 Å². The molecule has 0 bridgehead atoms. The second kappa shape index (κ2) is 11.0. The Morgan fingerprint density at radius 2 is 1.44 bits per heavy atom. The van der Waals surface area contributed by atoms with Gasteiger partial charge in [0.2, 0.25) is 0 Å². The quantitative estimate of drug-likeness (QED) is 0.523. The molecule has 1 N–H and O–H groups in total. The Morgan fingerprint density at radius 3 is 1.94 bits per heavy atom. The summed E-state index contributed by atoms with van der Waals surface area (Å²) in [4.78, 5) is 10.3. The fourth-order valence-corrected chi connectivity index (χ4v) is 2.11. The summed E-state index contributed by atoms with van der Waals surface area (Å²) in [5, 5.41) is 8.47. The minimum absolute atomic E-state index is 0.341. The minimum Gasteiger partial charge on any atom is -0.481 e. The SMILES string of the molecule is CCC(CC)CCCCCCCCC(=O)O. The lowest BCUT2D eigenvalue weighted by Crippen LogP contribution is -1.96. The molecule has 0 aromatic heterocycles. The van der Waals surface area contributed by atoms with E-state index in [9.17, 15) is 4.79 Å². The minimum atomic E-state index is -0.659. The highest BCUT2D eigenvalue weighted by Gasteiger charge is 2.02. The lowest BCUT2D eigenvalue weighted by atomic mass is 9.95. The smallest absolute Gasteiger partial charge is 0.303 e. The molecule has 0 rings (SSSR count). The van der Waals surface area contributed by atoms with Gasteiger partial charge in [-0.1, -0.05) is 65.2 Å². The zero-order valence-electron chi connectivity index (χ0n) is 11.0. The predicted molar refractivity (Wildman–Crippen MR) is 68.6 cm³/mol. The maximum Gasteiger partial charge on any atom is 0.303 e. The standard InChI is InChI=1S/C14H28O2/c1-3-13(4-2)11-9-7-5-6-8-10-12-14(15)16/h13H,3-12H2,1-2H3,(H,15,16). The van der Waals surface area contributed by atoms with Gasteiger partial charge in [0.1, 0.15) is 0 Å². The van der Waals surface area contributed by atoms with Gasteiger partial charge in [0, 0.05) is 6.42 Å². The van der Waals surface area contributed by atoms with E-state index in [4.69, 9.17) is 5.11 Å². The number of carboxylic acid groups (broad SMARTS) is 1. The van der Waals surface area contributed by atoms with Crippen LogP contribution in [0.4, 0.5) is 0 Å². The van der Waals surface area contributed by atoms with Crippen LogP contribution in [0, 0.1) is 5.92 Å². The molecule has 0 aromatic rings. The molecule has 0 spiro atoms. The Bertz CT molecular complexity index is 162. The molecular formula is C14H28O2. The van der Waals surface area contributed by atoms with Crippen LogP contribution in [-0.4, -0.2) is 11.1 Å². The Balaban J connectivity index is 3.12. The molecule has 0 heterocycles. The van der Waals surface area contributed by atoms with E-state index in [0.717, 1.165) is 18.8 Å². The summed E-state index contributed by atoms with van der Waals surface area (Å²) in [7, 11) is 0. The van der Waals surface area contributed by atoms with Crippen molar-refractivity contribution in [2.45, 2.75) is 78.1 Å². The zero-order valence-corrected chi connectivity index (χ0v) is 11.0. The number of aliphatic carboxylic acids is 1. The van der Waals surface area contributed by atoms with Gasteiger partial charge in [0.25, 0.3) is 0 Å². The first-order valence-corrected chi connectivity index (χ1v) is 6.92. The second-order valence-corrected chi connectivity index (χ2v) is 4.74. The first-order valence-electron chi connectivity index (χ1n) is 6.92. The van der Waals surface area contributed by atoms with Gasteiger partial charge in [-0.25, -0.2) is 0 Å². The molecule has 0 fully saturated rings. The number of carboxylic acids is 1. The highest BCUT2D eigenvalue weighted by atomic mass is 16.4. The molecule has 2 heteroatoms. The second-order valence-electron chi connectivity index (χ2n) is 4.74. The van der Waals surface area contributed by atoms with Gasteiger partial charge in [-0.15, -0.1) is 0 Å². The number of carbonyl (C=O) groups is 1. The van der Waals surface area contributed by atoms with Crippen LogP contribution in [0.15, 0.2) is 0 Å². The van der Waals surface area contributed by atoms with Crippen LogP contribution in [0.5, 0.6) is 0 Å². The lowest BCUT2D eigenvalue weighted by Gasteiger charge is -2.11. The average Bonchev–Trinajstić information content (AvgIpc) is 2.27. The molecule has 0 aliphatic heterocycles. The van der Waals surface area contributed by atoms with Crippen LogP contribution in [0.3, 0.4) is 0 Å². The van der Waals surface area contributed by atoms with Crippen molar-refractivity contribution in [3.05, 3.63) is 0 Å². The topological polar surface area (TPSA) is 37.3 Å². The predicted octanol–water partition coefficient (Wildman–Crippen LogP) is 4.63. The summed E-state index contributed by atoms with van der Waals surface area (Å²) in [5.74, 6) is 0.265. The van der Waals surface area contributed by atoms with Crippen molar-refractivity contribution in [3.63, 3.8) is 0 Å². The molecular weight excluding hydrogens is 200 g/mol. The highest BCUT2D eigenvalue weighted by Crippen LogP contribution is 2.17. The van der Waals surface area contributed by atoms with Crippen molar-refractivity contribution in [3.8, 4) is 0 Å². The van der Waals surface area contributed by atoms with Crippen molar-refractivity contribution < 1.29 is 9.90 Å². The molecule has 0 aliphatic rings. The Morgan fingerprint density at radius 1 is 0.938 bits per heavy atom. The number of hydrogen-bond donors (Lipinski definition) is 1. The van der Waals surface area contributed by atoms with Gasteiger partial charge in [0.05, 0.1) is 0 Å². The molecule has 0 aliphatic carbocycles. The molecule has 0 saturated carbocycles. The van der Waals surface area contributed by atoms with Gasteiger partial charge in [0.15, 0.2) is 0 Å². The van der Waals surface area contributed by atoms with Crippen LogP contribution in [0.25, 0.3) is 0 Å². The van der Waals surface area contributed by atoms with E-state index >= 15 is 0 Å². The first kappa shape index (κ1) is 15.5. The molecule has 0 amide bonds. The third kappa shape index (κ3) is 10.0. The third-order valence-electron chi connectivity index (χ3n) is 3.41. The Hall–Kier alpha value is -0.530. The summed E-state index contributed by atoms with van der Waals surface area (Å²) in [6, 6.07) is 0. The third-order valence-corrected chi connectivity index (χ3v) is 3.41. The van der Waals surface area contributed by atoms with E-state index in [1.807, 2.05) is 0 Å². The fraction of sp³-hybridized carbons (Fsp3) is 0.929. The fourth-order valence-electron chi connectivity index (χ4n) is 2.11. The molecule has 0 aromatic carbocycles. The molecule has 0 unspecified atom stereocenters. The maximum absolute atomic E-state index is 10.3. The van der Waals surface area contributed by atoms with E-state index < -0.39 is 5.97 Å². The molecule has 0 atom stereocenters. The Labute approximate surface area is 100 Å². The van der Waals surface area contributed by atoms with E-state index in [0.29, 0.717) is 6.42 Å². The Kier molecular flexibility index (Phi) is 10.6. The van der Waals surface area contributed by atoms with Gasteiger partial charge >= 0.3 is 5.97 Å². The van der Waals surface area contributed by atoms with E-state index in [2.05, 4.69) is 13.8 Å². The largest absolute Gasteiger partial charge is 0.481 e. The maximum atomic E-state index is 10.3. The van der Waals surface area contributed by atoms with Crippen LogP contribution in [0.1, 0.15) is 78.1 Å². The van der Waals surface area contributed by atoms with Gasteiger partial charge in [-0.3, -0.25) is 4.79 Å².